The van der Waals surface area contributed by atoms with Gasteiger partial charge in [0.05, 0.1) is 24.4 Å². The lowest BCUT2D eigenvalue weighted by molar-refractivity contribution is 0.291. The van der Waals surface area contributed by atoms with E-state index in [2.05, 4.69) is 45.2 Å². The molecule has 0 bridgehead atoms. The van der Waals surface area contributed by atoms with E-state index in [0.29, 0.717) is 13.2 Å². The quantitative estimate of drug-likeness (QED) is 0.480. The van der Waals surface area contributed by atoms with E-state index in [1.807, 2.05) is 18.2 Å². The Morgan fingerprint density at radius 1 is 1.14 bits per heavy atom. The zero-order chi connectivity index (χ0) is 19.9. The Kier molecular flexibility index (Phi) is 7.74. The van der Waals surface area contributed by atoms with E-state index in [-0.39, 0.29) is 0 Å². The van der Waals surface area contributed by atoms with Gasteiger partial charge in [-0.2, -0.15) is 0 Å². The zero-order valence-corrected chi connectivity index (χ0v) is 18.9. The minimum absolute atomic E-state index is 0.607. The summed E-state index contributed by atoms with van der Waals surface area (Å²) in [6.45, 7) is 5.52. The summed E-state index contributed by atoms with van der Waals surface area (Å²) < 4.78 is 12.5. The number of methoxy groups -OCH3 is 1. The van der Waals surface area contributed by atoms with Crippen LogP contribution in [0.5, 0.6) is 11.5 Å². The lowest BCUT2D eigenvalue weighted by Crippen LogP contribution is -2.29. The number of piperidine rings is 1. The molecule has 0 radical (unpaired) electrons. The molecule has 0 unspecified atom stereocenters. The first-order chi connectivity index (χ1) is 13.6. The Morgan fingerprint density at radius 3 is 2.61 bits per heavy atom. The third-order valence-corrected chi connectivity index (χ3v) is 6.00. The first-order valence-electron chi connectivity index (χ1n) is 9.90. The van der Waals surface area contributed by atoms with E-state index < -0.39 is 0 Å². The van der Waals surface area contributed by atoms with E-state index in [9.17, 15) is 0 Å². The van der Waals surface area contributed by atoms with Gasteiger partial charge in [-0.25, -0.2) is 0 Å². The van der Waals surface area contributed by atoms with Crippen LogP contribution in [0.1, 0.15) is 38.2 Å². The highest BCUT2D eigenvalue weighted by atomic mass is 79.9. The maximum atomic E-state index is 6.59. The molecule has 0 atom stereocenters. The molecule has 1 N–H and O–H groups in total. The molecule has 0 amide bonds. The summed E-state index contributed by atoms with van der Waals surface area (Å²) in [5, 5.41) is 4.26. The van der Waals surface area contributed by atoms with Crippen LogP contribution in [0, 0.1) is 0 Å². The van der Waals surface area contributed by atoms with Crippen LogP contribution < -0.4 is 19.7 Å². The van der Waals surface area contributed by atoms with Crippen molar-refractivity contribution in [2.45, 2.75) is 39.2 Å². The maximum absolute atomic E-state index is 6.59. The van der Waals surface area contributed by atoms with Crippen LogP contribution in [0.3, 0.4) is 0 Å². The third-order valence-electron chi connectivity index (χ3n) is 4.95. The van der Waals surface area contributed by atoms with Gasteiger partial charge in [0, 0.05) is 35.4 Å². The van der Waals surface area contributed by atoms with Gasteiger partial charge in [-0.3, -0.25) is 0 Å². The minimum atomic E-state index is 0.607. The number of rotatable bonds is 8. The predicted octanol–water partition coefficient (Wildman–Crippen LogP) is 6.50. The van der Waals surface area contributed by atoms with Gasteiger partial charge >= 0.3 is 0 Å². The second-order valence-electron chi connectivity index (χ2n) is 6.97. The monoisotopic (exact) mass is 466 g/mol. The lowest BCUT2D eigenvalue weighted by Gasteiger charge is -2.29. The first-order valence-corrected chi connectivity index (χ1v) is 11.1. The van der Waals surface area contributed by atoms with Crippen molar-refractivity contribution in [3.8, 4) is 11.5 Å². The minimum Gasteiger partial charge on any atom is -0.493 e. The van der Waals surface area contributed by atoms with Crippen LogP contribution in [0.25, 0.3) is 0 Å². The number of hydrogen-bond donors (Lipinski definition) is 1. The molecule has 0 aliphatic carbocycles. The van der Waals surface area contributed by atoms with Crippen LogP contribution in [0.2, 0.25) is 5.02 Å². The molecule has 1 saturated heterocycles. The number of nitrogens with one attached hydrogen (secondary N) is 1. The largest absolute Gasteiger partial charge is 0.493 e. The highest BCUT2D eigenvalue weighted by molar-refractivity contribution is 9.10. The Morgan fingerprint density at radius 2 is 1.93 bits per heavy atom. The summed E-state index contributed by atoms with van der Waals surface area (Å²) in [4.78, 5) is 2.38. The Bertz CT molecular complexity index is 794. The molecule has 1 aliphatic rings. The van der Waals surface area contributed by atoms with Gasteiger partial charge in [0.2, 0.25) is 0 Å². The molecule has 0 saturated carbocycles. The zero-order valence-electron chi connectivity index (χ0n) is 16.6. The van der Waals surface area contributed by atoms with Gasteiger partial charge in [-0.05, 0) is 56.0 Å². The third kappa shape index (κ3) is 5.06. The molecule has 1 aliphatic heterocycles. The van der Waals surface area contributed by atoms with Crippen molar-refractivity contribution in [2.75, 3.05) is 37.0 Å². The summed E-state index contributed by atoms with van der Waals surface area (Å²) in [5.74, 6) is 1.52. The predicted molar refractivity (Wildman–Crippen MR) is 121 cm³/mol. The van der Waals surface area contributed by atoms with Crippen molar-refractivity contribution in [1.29, 1.82) is 0 Å². The summed E-state index contributed by atoms with van der Waals surface area (Å²) in [6.07, 6.45) is 4.73. The first kappa shape index (κ1) is 21.1. The topological polar surface area (TPSA) is 33.7 Å². The number of ether oxygens (including phenoxy) is 2. The molecule has 152 valence electrons. The fourth-order valence-electron chi connectivity index (χ4n) is 3.47. The molecular weight excluding hydrogens is 440 g/mol. The van der Waals surface area contributed by atoms with Gasteiger partial charge in [-0.15, -0.1) is 0 Å². The molecule has 2 aromatic carbocycles. The fraction of sp³-hybridized carbons (Fsp3) is 0.455. The van der Waals surface area contributed by atoms with E-state index in [0.717, 1.165) is 57.4 Å². The molecule has 6 heteroatoms. The number of benzene rings is 2. The smallest absolute Gasteiger partial charge is 0.167 e. The average molecular weight is 468 g/mol. The maximum Gasteiger partial charge on any atom is 0.167 e. The van der Waals surface area contributed by atoms with Gasteiger partial charge in [-0.1, -0.05) is 34.5 Å². The summed E-state index contributed by atoms with van der Waals surface area (Å²) in [5.41, 5.74) is 3.15. The van der Waals surface area contributed by atoms with Crippen LogP contribution in [0.4, 0.5) is 11.4 Å². The van der Waals surface area contributed by atoms with Crippen LogP contribution in [0.15, 0.2) is 34.8 Å². The van der Waals surface area contributed by atoms with E-state index >= 15 is 0 Å². The number of halogens is 2. The second kappa shape index (κ2) is 10.3. The normalized spacial score (nSPS) is 14.1. The molecule has 3 rings (SSSR count). The average Bonchev–Trinajstić information content (AvgIpc) is 2.72. The highest BCUT2D eigenvalue weighted by Gasteiger charge is 2.16. The van der Waals surface area contributed by atoms with E-state index in [1.54, 1.807) is 7.11 Å². The van der Waals surface area contributed by atoms with Crippen molar-refractivity contribution in [1.82, 2.24) is 0 Å². The number of nitrogens with zero attached hydrogens (tertiary/aromatic N) is 1. The molecule has 0 aromatic heterocycles. The van der Waals surface area contributed by atoms with Crippen molar-refractivity contribution in [3.63, 3.8) is 0 Å². The SMILES string of the molecule is CCCOc1c(OC)ccc(Br)c1CNc1ccc(N2CCCCC2)c(Cl)c1. The van der Waals surface area contributed by atoms with Crippen LogP contribution >= 0.6 is 27.5 Å². The molecule has 2 aromatic rings. The van der Waals surface area contributed by atoms with E-state index in [4.69, 9.17) is 21.1 Å². The fourth-order valence-corrected chi connectivity index (χ4v) is 4.22. The van der Waals surface area contributed by atoms with Gasteiger partial charge < -0.3 is 19.7 Å². The van der Waals surface area contributed by atoms with Gasteiger partial charge in [0.15, 0.2) is 11.5 Å². The number of anilines is 2. The van der Waals surface area contributed by atoms with Crippen molar-refractivity contribution < 1.29 is 9.47 Å². The van der Waals surface area contributed by atoms with Crippen molar-refractivity contribution in [2.24, 2.45) is 0 Å². The van der Waals surface area contributed by atoms with E-state index in [1.165, 1.54) is 19.3 Å². The number of hydrogen-bond acceptors (Lipinski definition) is 4. The molecule has 4 nitrogen and oxygen atoms in total. The highest BCUT2D eigenvalue weighted by Crippen LogP contribution is 2.37. The lowest BCUT2D eigenvalue weighted by atomic mass is 10.1. The van der Waals surface area contributed by atoms with Crippen molar-refractivity contribution >= 4 is 38.9 Å². The molecule has 0 spiro atoms. The second-order valence-corrected chi connectivity index (χ2v) is 8.23. The molecule has 1 fully saturated rings. The summed E-state index contributed by atoms with van der Waals surface area (Å²) in [7, 11) is 1.67. The van der Waals surface area contributed by atoms with Crippen LogP contribution in [-0.2, 0) is 6.54 Å². The molecule has 1 heterocycles. The Labute approximate surface area is 181 Å². The van der Waals surface area contributed by atoms with Gasteiger partial charge in [0.25, 0.3) is 0 Å². The van der Waals surface area contributed by atoms with Gasteiger partial charge in [0.1, 0.15) is 0 Å². The standard InChI is InChI=1S/C22H28BrClN2O2/c1-3-13-28-22-17(18(23)8-10-21(22)27-2)15-25-16-7-9-20(19(24)14-16)26-11-5-4-6-12-26/h7-10,14,25H,3-6,11-13,15H2,1-2H3. The van der Waals surface area contributed by atoms with Crippen molar-refractivity contribution in [3.05, 3.63) is 45.4 Å². The Balaban J connectivity index is 1.75. The summed E-state index contributed by atoms with van der Waals surface area (Å²) >= 11 is 10.2. The Hall–Kier alpha value is -1.59. The van der Waals surface area contributed by atoms with Crippen LogP contribution in [-0.4, -0.2) is 26.8 Å². The molecular formula is C22H28BrClN2O2. The molecule has 28 heavy (non-hydrogen) atoms. The summed E-state index contributed by atoms with van der Waals surface area (Å²) in [6, 6.07) is 10.1.